The van der Waals surface area contributed by atoms with Crippen LogP contribution in [0.4, 0.5) is 4.39 Å². The average molecular weight is 271 g/mol. The highest BCUT2D eigenvalue weighted by atomic mass is 19.1. The first-order chi connectivity index (χ1) is 9.60. The number of ether oxygens (including phenoxy) is 1. The molecule has 0 aromatic heterocycles. The van der Waals surface area contributed by atoms with Gasteiger partial charge in [0.25, 0.3) is 0 Å². The lowest BCUT2D eigenvalue weighted by molar-refractivity contribution is -0.297. The number of hydrogen-bond acceptors (Lipinski definition) is 3. The standard InChI is InChI=1S/C16H13FO3/c1-20-14-7-5-11(6-8-14)15(10-16(18)19)12-3-2-4-13(17)9-12/h2-10H,1H3,(H,18,19)/p-1/b15-10-. The van der Waals surface area contributed by atoms with Gasteiger partial charge in [0.2, 0.25) is 0 Å². The highest BCUT2D eigenvalue weighted by Crippen LogP contribution is 2.25. The Labute approximate surface area is 115 Å². The average Bonchev–Trinajstić information content (AvgIpc) is 2.45. The molecule has 4 heteroatoms. The molecular weight excluding hydrogens is 259 g/mol. The fourth-order valence-electron chi connectivity index (χ4n) is 1.88. The van der Waals surface area contributed by atoms with E-state index in [9.17, 15) is 14.3 Å². The monoisotopic (exact) mass is 271 g/mol. The molecule has 0 saturated carbocycles. The van der Waals surface area contributed by atoms with E-state index < -0.39 is 11.8 Å². The Hall–Kier alpha value is -2.62. The summed E-state index contributed by atoms with van der Waals surface area (Å²) in [5.74, 6) is -1.11. The van der Waals surface area contributed by atoms with Crippen LogP contribution < -0.4 is 9.84 Å². The third kappa shape index (κ3) is 3.23. The van der Waals surface area contributed by atoms with E-state index >= 15 is 0 Å². The first-order valence-corrected chi connectivity index (χ1v) is 5.93. The van der Waals surface area contributed by atoms with Gasteiger partial charge in [-0.15, -0.1) is 0 Å². The Balaban J connectivity index is 2.50. The van der Waals surface area contributed by atoms with Crippen molar-refractivity contribution in [3.63, 3.8) is 0 Å². The van der Waals surface area contributed by atoms with E-state index in [0.717, 1.165) is 6.08 Å². The third-order valence-corrected chi connectivity index (χ3v) is 2.80. The fraction of sp³-hybridized carbons (Fsp3) is 0.0625. The summed E-state index contributed by atoms with van der Waals surface area (Å²) >= 11 is 0. The van der Waals surface area contributed by atoms with Gasteiger partial charge >= 0.3 is 0 Å². The van der Waals surface area contributed by atoms with Gasteiger partial charge < -0.3 is 14.6 Å². The van der Waals surface area contributed by atoms with Gasteiger partial charge in [0, 0.05) is 0 Å². The molecule has 0 fully saturated rings. The first-order valence-electron chi connectivity index (χ1n) is 5.93. The Morgan fingerprint density at radius 2 is 1.85 bits per heavy atom. The van der Waals surface area contributed by atoms with Gasteiger partial charge in [-0.25, -0.2) is 4.39 Å². The van der Waals surface area contributed by atoms with Crippen molar-refractivity contribution in [1.82, 2.24) is 0 Å². The molecule has 102 valence electrons. The molecule has 0 aliphatic carbocycles. The summed E-state index contributed by atoms with van der Waals surface area (Å²) in [6.45, 7) is 0. The molecule has 0 N–H and O–H groups in total. The summed E-state index contributed by atoms with van der Waals surface area (Å²) < 4.78 is 18.3. The Kier molecular flexibility index (Phi) is 4.15. The van der Waals surface area contributed by atoms with Crippen molar-refractivity contribution in [1.29, 1.82) is 0 Å². The normalized spacial score (nSPS) is 11.2. The van der Waals surface area contributed by atoms with E-state index in [-0.39, 0.29) is 0 Å². The molecule has 0 atom stereocenters. The molecule has 20 heavy (non-hydrogen) atoms. The summed E-state index contributed by atoms with van der Waals surface area (Å²) in [5, 5.41) is 10.9. The molecule has 0 bridgehead atoms. The lowest BCUT2D eigenvalue weighted by atomic mass is 9.97. The van der Waals surface area contributed by atoms with Crippen molar-refractivity contribution in [2.75, 3.05) is 7.11 Å². The number of carbonyl (C=O) groups excluding carboxylic acids is 1. The molecule has 3 nitrogen and oxygen atoms in total. The van der Waals surface area contributed by atoms with Gasteiger partial charge in [-0.05, 0) is 47.0 Å². The first kappa shape index (κ1) is 13.8. The quantitative estimate of drug-likeness (QED) is 0.799. The molecule has 2 rings (SSSR count). The largest absolute Gasteiger partial charge is 0.545 e. The second-order valence-electron chi connectivity index (χ2n) is 4.12. The number of aliphatic carboxylic acids is 1. The lowest BCUT2D eigenvalue weighted by Crippen LogP contribution is -2.19. The van der Waals surface area contributed by atoms with Gasteiger partial charge in [-0.2, -0.15) is 0 Å². The second-order valence-corrected chi connectivity index (χ2v) is 4.12. The van der Waals surface area contributed by atoms with Crippen LogP contribution in [0.2, 0.25) is 0 Å². The van der Waals surface area contributed by atoms with Crippen LogP contribution >= 0.6 is 0 Å². The second kappa shape index (κ2) is 6.02. The molecule has 0 radical (unpaired) electrons. The number of methoxy groups -OCH3 is 1. The van der Waals surface area contributed by atoms with Gasteiger partial charge in [0.05, 0.1) is 13.1 Å². The number of carboxylic acids is 1. The van der Waals surface area contributed by atoms with Crippen molar-refractivity contribution in [3.05, 3.63) is 71.6 Å². The minimum Gasteiger partial charge on any atom is -0.545 e. The van der Waals surface area contributed by atoms with Crippen LogP contribution in [0.25, 0.3) is 5.57 Å². The van der Waals surface area contributed by atoms with Crippen LogP contribution in [0.15, 0.2) is 54.6 Å². The van der Waals surface area contributed by atoms with E-state index in [1.165, 1.54) is 18.2 Å². The third-order valence-electron chi connectivity index (χ3n) is 2.80. The van der Waals surface area contributed by atoms with Crippen molar-refractivity contribution < 1.29 is 19.0 Å². The Bertz CT molecular complexity index is 645. The van der Waals surface area contributed by atoms with Gasteiger partial charge in [-0.3, -0.25) is 0 Å². The Morgan fingerprint density at radius 3 is 2.40 bits per heavy atom. The van der Waals surface area contributed by atoms with E-state index in [4.69, 9.17) is 4.74 Å². The smallest absolute Gasteiger partial charge is 0.123 e. The maximum absolute atomic E-state index is 13.3. The van der Waals surface area contributed by atoms with Crippen LogP contribution in [0.3, 0.4) is 0 Å². The van der Waals surface area contributed by atoms with Crippen molar-refractivity contribution in [2.45, 2.75) is 0 Å². The molecule has 0 amide bonds. The topological polar surface area (TPSA) is 49.4 Å². The van der Waals surface area contributed by atoms with E-state index in [2.05, 4.69) is 0 Å². The lowest BCUT2D eigenvalue weighted by Gasteiger charge is -2.10. The van der Waals surface area contributed by atoms with E-state index in [0.29, 0.717) is 22.4 Å². The van der Waals surface area contributed by atoms with Crippen LogP contribution in [-0.2, 0) is 4.79 Å². The minimum atomic E-state index is -1.33. The zero-order chi connectivity index (χ0) is 14.5. The van der Waals surface area contributed by atoms with Crippen molar-refractivity contribution in [2.24, 2.45) is 0 Å². The number of carboxylic acid groups (broad SMARTS) is 1. The van der Waals surface area contributed by atoms with Crippen LogP contribution in [0.1, 0.15) is 11.1 Å². The maximum atomic E-state index is 13.3. The summed E-state index contributed by atoms with van der Waals surface area (Å²) in [4.78, 5) is 10.9. The zero-order valence-corrected chi connectivity index (χ0v) is 10.8. The van der Waals surface area contributed by atoms with Gasteiger partial charge in [0.1, 0.15) is 11.6 Å². The predicted molar refractivity (Wildman–Crippen MR) is 71.5 cm³/mol. The number of rotatable bonds is 4. The van der Waals surface area contributed by atoms with Crippen molar-refractivity contribution in [3.8, 4) is 5.75 Å². The zero-order valence-electron chi connectivity index (χ0n) is 10.8. The van der Waals surface area contributed by atoms with Crippen LogP contribution in [-0.4, -0.2) is 13.1 Å². The maximum Gasteiger partial charge on any atom is 0.123 e. The van der Waals surface area contributed by atoms with Crippen molar-refractivity contribution >= 4 is 11.5 Å². The summed E-state index contributed by atoms with van der Waals surface area (Å²) in [6.07, 6.45) is 0.955. The van der Waals surface area contributed by atoms with E-state index in [1.54, 1.807) is 37.4 Å². The summed E-state index contributed by atoms with van der Waals surface area (Å²) in [5.41, 5.74) is 1.49. The number of benzene rings is 2. The van der Waals surface area contributed by atoms with Crippen LogP contribution in [0.5, 0.6) is 5.75 Å². The molecule has 2 aromatic carbocycles. The number of hydrogen-bond donors (Lipinski definition) is 0. The van der Waals surface area contributed by atoms with Crippen LogP contribution in [0, 0.1) is 5.82 Å². The molecular formula is C16H12FO3-. The molecule has 0 unspecified atom stereocenters. The highest BCUT2D eigenvalue weighted by molar-refractivity contribution is 5.94. The van der Waals surface area contributed by atoms with E-state index in [1.807, 2.05) is 0 Å². The molecule has 0 aliphatic rings. The minimum absolute atomic E-state index is 0.382. The summed E-state index contributed by atoms with van der Waals surface area (Å²) in [6, 6.07) is 12.6. The highest BCUT2D eigenvalue weighted by Gasteiger charge is 2.06. The van der Waals surface area contributed by atoms with Gasteiger partial charge in [0.15, 0.2) is 0 Å². The fourth-order valence-corrected chi connectivity index (χ4v) is 1.88. The summed E-state index contributed by atoms with van der Waals surface area (Å²) in [7, 11) is 1.54. The molecule has 2 aromatic rings. The Morgan fingerprint density at radius 1 is 1.15 bits per heavy atom. The SMILES string of the molecule is COc1ccc(/C(=C/C(=O)[O-])c2cccc(F)c2)cc1. The number of carbonyl (C=O) groups is 1. The molecule has 0 saturated heterocycles. The molecule has 0 heterocycles. The molecule has 0 spiro atoms. The molecule has 0 aliphatic heterocycles. The predicted octanol–water partition coefficient (Wildman–Crippen LogP) is 2.02. The van der Waals surface area contributed by atoms with Gasteiger partial charge in [-0.1, -0.05) is 24.3 Å². The number of halogens is 1.